The number of halogens is 2. The fourth-order valence-corrected chi connectivity index (χ4v) is 1.22. The monoisotopic (exact) mass is 212 g/mol. The Labute approximate surface area is 85.9 Å². The number of hydrogen-bond acceptors (Lipinski definition) is 2. The molecular formula is C11H10F2O2. The van der Waals surface area contributed by atoms with Crippen LogP contribution in [-0.2, 0) is 16.0 Å². The quantitative estimate of drug-likeness (QED) is 0.716. The summed E-state index contributed by atoms with van der Waals surface area (Å²) in [7, 11) is 0. The van der Waals surface area contributed by atoms with Crippen molar-refractivity contribution in [2.45, 2.75) is 19.8 Å². The lowest BCUT2D eigenvalue weighted by Crippen LogP contribution is -2.08. The molecule has 0 amide bonds. The van der Waals surface area contributed by atoms with Crippen LogP contribution in [0.4, 0.5) is 8.78 Å². The van der Waals surface area contributed by atoms with Gasteiger partial charge in [0.15, 0.2) is 0 Å². The highest BCUT2D eigenvalue weighted by Gasteiger charge is 2.10. The first-order valence-corrected chi connectivity index (χ1v) is 4.44. The minimum absolute atomic E-state index is 0.114. The van der Waals surface area contributed by atoms with Crippen molar-refractivity contribution in [1.29, 1.82) is 0 Å². The van der Waals surface area contributed by atoms with Crippen LogP contribution in [0.2, 0.25) is 0 Å². The van der Waals surface area contributed by atoms with E-state index in [-0.39, 0.29) is 30.0 Å². The maximum Gasteiger partial charge on any atom is 0.144 e. The van der Waals surface area contributed by atoms with Gasteiger partial charge < -0.3 is 0 Å². The maximum atomic E-state index is 13.1. The first kappa shape index (κ1) is 11.5. The molecule has 4 heteroatoms. The lowest BCUT2D eigenvalue weighted by atomic mass is 10.1. The standard InChI is InChI=1S/C11H10F2O2/c1-7(14)4-10(15)5-8-2-3-9(12)6-11(8)13/h2-3,6H,4-5H2,1H3. The SMILES string of the molecule is CC(=O)CC(=O)Cc1ccc(F)cc1F. The minimum atomic E-state index is -0.757. The zero-order valence-corrected chi connectivity index (χ0v) is 8.22. The second kappa shape index (κ2) is 4.77. The molecular weight excluding hydrogens is 202 g/mol. The average Bonchev–Trinajstić information content (AvgIpc) is 2.08. The highest BCUT2D eigenvalue weighted by Crippen LogP contribution is 2.11. The van der Waals surface area contributed by atoms with Gasteiger partial charge in [0.1, 0.15) is 23.2 Å². The van der Waals surface area contributed by atoms with Crippen LogP contribution in [0.5, 0.6) is 0 Å². The summed E-state index contributed by atoms with van der Waals surface area (Å²) >= 11 is 0. The van der Waals surface area contributed by atoms with Gasteiger partial charge in [-0.15, -0.1) is 0 Å². The van der Waals surface area contributed by atoms with Crippen molar-refractivity contribution in [3.05, 3.63) is 35.4 Å². The molecule has 0 saturated carbocycles. The van der Waals surface area contributed by atoms with Gasteiger partial charge in [-0.3, -0.25) is 9.59 Å². The molecule has 0 N–H and O–H groups in total. The van der Waals surface area contributed by atoms with Gasteiger partial charge in [-0.1, -0.05) is 6.07 Å². The van der Waals surface area contributed by atoms with E-state index in [4.69, 9.17) is 0 Å². The summed E-state index contributed by atoms with van der Waals surface area (Å²) in [5.74, 6) is -2.07. The van der Waals surface area contributed by atoms with E-state index in [0.717, 1.165) is 12.1 Å². The number of benzene rings is 1. The Morgan fingerprint density at radius 1 is 1.27 bits per heavy atom. The number of rotatable bonds is 4. The Hall–Kier alpha value is -1.58. The van der Waals surface area contributed by atoms with Crippen LogP contribution in [0.15, 0.2) is 18.2 Å². The van der Waals surface area contributed by atoms with Gasteiger partial charge >= 0.3 is 0 Å². The second-order valence-corrected chi connectivity index (χ2v) is 3.33. The largest absolute Gasteiger partial charge is 0.300 e. The Balaban J connectivity index is 2.72. The smallest absolute Gasteiger partial charge is 0.144 e. The van der Waals surface area contributed by atoms with Gasteiger partial charge in [0, 0.05) is 12.5 Å². The second-order valence-electron chi connectivity index (χ2n) is 3.33. The average molecular weight is 212 g/mol. The third-order valence-corrected chi connectivity index (χ3v) is 1.85. The van der Waals surface area contributed by atoms with E-state index in [1.165, 1.54) is 13.0 Å². The molecule has 0 aliphatic rings. The summed E-state index contributed by atoms with van der Waals surface area (Å²) in [4.78, 5) is 21.8. The summed E-state index contributed by atoms with van der Waals surface area (Å²) in [6.07, 6.45) is -0.386. The first-order valence-electron chi connectivity index (χ1n) is 4.44. The van der Waals surface area contributed by atoms with E-state index in [1.54, 1.807) is 0 Å². The van der Waals surface area contributed by atoms with E-state index in [1.807, 2.05) is 0 Å². The van der Waals surface area contributed by atoms with Gasteiger partial charge in [-0.2, -0.15) is 0 Å². The van der Waals surface area contributed by atoms with Crippen LogP contribution < -0.4 is 0 Å². The van der Waals surface area contributed by atoms with E-state index < -0.39 is 11.6 Å². The van der Waals surface area contributed by atoms with Crippen molar-refractivity contribution >= 4 is 11.6 Å². The van der Waals surface area contributed by atoms with Gasteiger partial charge in [-0.05, 0) is 18.6 Å². The molecule has 0 atom stereocenters. The van der Waals surface area contributed by atoms with Crippen LogP contribution in [0.25, 0.3) is 0 Å². The molecule has 80 valence electrons. The molecule has 0 fully saturated rings. The molecule has 0 bridgehead atoms. The van der Waals surface area contributed by atoms with Crippen molar-refractivity contribution in [2.75, 3.05) is 0 Å². The highest BCUT2D eigenvalue weighted by atomic mass is 19.1. The molecule has 0 spiro atoms. The number of carbonyl (C=O) groups is 2. The number of hydrogen-bond donors (Lipinski definition) is 0. The molecule has 0 heterocycles. The zero-order valence-electron chi connectivity index (χ0n) is 8.22. The van der Waals surface area contributed by atoms with Crippen LogP contribution >= 0.6 is 0 Å². The van der Waals surface area contributed by atoms with Crippen LogP contribution in [0.3, 0.4) is 0 Å². The third-order valence-electron chi connectivity index (χ3n) is 1.85. The number of ketones is 2. The molecule has 0 aliphatic carbocycles. The molecule has 1 rings (SSSR count). The maximum absolute atomic E-state index is 13.1. The molecule has 0 aromatic heterocycles. The summed E-state index contributed by atoms with van der Waals surface area (Å²) in [6.45, 7) is 1.29. The summed E-state index contributed by atoms with van der Waals surface area (Å²) in [5.41, 5.74) is 0.114. The van der Waals surface area contributed by atoms with Crippen molar-refractivity contribution in [3.63, 3.8) is 0 Å². The van der Waals surface area contributed by atoms with Gasteiger partial charge in [0.25, 0.3) is 0 Å². The van der Waals surface area contributed by atoms with E-state index in [2.05, 4.69) is 0 Å². The Bertz CT molecular complexity index is 400. The van der Waals surface area contributed by atoms with Crippen LogP contribution in [0.1, 0.15) is 18.9 Å². The molecule has 1 aromatic rings. The highest BCUT2D eigenvalue weighted by molar-refractivity contribution is 5.98. The van der Waals surface area contributed by atoms with Crippen LogP contribution in [0, 0.1) is 11.6 Å². The van der Waals surface area contributed by atoms with Crippen molar-refractivity contribution < 1.29 is 18.4 Å². The van der Waals surface area contributed by atoms with Crippen molar-refractivity contribution in [3.8, 4) is 0 Å². The Morgan fingerprint density at radius 2 is 1.93 bits per heavy atom. The summed E-state index contributed by atoms with van der Waals surface area (Å²) in [6, 6.07) is 3.01. The topological polar surface area (TPSA) is 34.1 Å². The van der Waals surface area contributed by atoms with E-state index >= 15 is 0 Å². The van der Waals surface area contributed by atoms with Crippen molar-refractivity contribution in [2.24, 2.45) is 0 Å². The molecule has 0 saturated heterocycles. The van der Waals surface area contributed by atoms with E-state index in [9.17, 15) is 18.4 Å². The van der Waals surface area contributed by atoms with Crippen molar-refractivity contribution in [1.82, 2.24) is 0 Å². The first-order chi connectivity index (χ1) is 6.99. The fraction of sp³-hybridized carbons (Fsp3) is 0.273. The molecule has 2 nitrogen and oxygen atoms in total. The van der Waals surface area contributed by atoms with Gasteiger partial charge in [0.2, 0.25) is 0 Å². The Morgan fingerprint density at radius 3 is 2.47 bits per heavy atom. The molecule has 1 aromatic carbocycles. The molecule has 15 heavy (non-hydrogen) atoms. The van der Waals surface area contributed by atoms with Crippen LogP contribution in [-0.4, -0.2) is 11.6 Å². The van der Waals surface area contributed by atoms with Gasteiger partial charge in [-0.25, -0.2) is 8.78 Å². The lowest BCUT2D eigenvalue weighted by Gasteiger charge is -2.01. The number of Topliss-reactive ketones (excluding diaryl/α,β-unsaturated/α-hetero) is 2. The molecule has 0 unspecified atom stereocenters. The molecule has 0 aliphatic heterocycles. The fourth-order valence-electron chi connectivity index (χ4n) is 1.22. The Kier molecular flexibility index (Phi) is 3.66. The number of carbonyl (C=O) groups excluding carboxylic acids is 2. The normalized spacial score (nSPS) is 10.1. The lowest BCUT2D eigenvalue weighted by molar-refractivity contribution is -0.125. The van der Waals surface area contributed by atoms with E-state index in [0.29, 0.717) is 0 Å². The molecule has 0 radical (unpaired) electrons. The third kappa shape index (κ3) is 3.58. The summed E-state index contributed by atoms with van der Waals surface area (Å²) < 4.78 is 25.6. The zero-order chi connectivity index (χ0) is 11.4. The minimum Gasteiger partial charge on any atom is -0.300 e. The predicted molar refractivity (Wildman–Crippen MR) is 50.4 cm³/mol. The summed E-state index contributed by atoms with van der Waals surface area (Å²) in [5, 5.41) is 0. The van der Waals surface area contributed by atoms with Gasteiger partial charge in [0.05, 0.1) is 6.42 Å². The predicted octanol–water partition coefficient (Wildman–Crippen LogP) is 2.06.